The van der Waals surface area contributed by atoms with Gasteiger partial charge in [-0.25, -0.2) is 4.39 Å². The molecule has 2 fully saturated rings. The van der Waals surface area contributed by atoms with Gasteiger partial charge in [-0.1, -0.05) is 6.07 Å². The Balaban J connectivity index is 1.47. The van der Waals surface area contributed by atoms with E-state index in [1.807, 2.05) is 0 Å². The molecule has 2 amide bonds. The molecule has 2 aromatic rings. The zero-order valence-electron chi connectivity index (χ0n) is 18.7. The summed E-state index contributed by atoms with van der Waals surface area (Å²) in [6.45, 7) is -0.745. The molecular weight excluding hydrogens is 451 g/mol. The van der Waals surface area contributed by atoms with Gasteiger partial charge in [0.15, 0.2) is 11.5 Å². The summed E-state index contributed by atoms with van der Waals surface area (Å²) < 4.78 is 49.0. The molecule has 1 saturated carbocycles. The SMILES string of the molecule is CC(=O)N1CC(c2ccc(OC(F)F)c(OCC3CC3)c2)C[C@@H]1C(=O)NCc1ccc(F)cn1. The van der Waals surface area contributed by atoms with E-state index in [1.54, 1.807) is 12.1 Å². The van der Waals surface area contributed by atoms with Crippen LogP contribution >= 0.6 is 0 Å². The number of halogens is 3. The normalized spacial score (nSPS) is 19.9. The zero-order valence-corrected chi connectivity index (χ0v) is 18.7. The Morgan fingerprint density at radius 1 is 1.21 bits per heavy atom. The van der Waals surface area contributed by atoms with Gasteiger partial charge in [-0.15, -0.1) is 0 Å². The first-order valence-corrected chi connectivity index (χ1v) is 11.2. The van der Waals surface area contributed by atoms with Crippen LogP contribution in [0.3, 0.4) is 0 Å². The maximum atomic E-state index is 13.0. The first kappa shape index (κ1) is 23.8. The summed E-state index contributed by atoms with van der Waals surface area (Å²) >= 11 is 0. The molecule has 2 aliphatic rings. The van der Waals surface area contributed by atoms with Crippen LogP contribution in [0.1, 0.15) is 43.4 Å². The average Bonchev–Trinajstić information content (AvgIpc) is 3.52. The number of aromatic nitrogens is 1. The number of rotatable bonds is 9. The molecule has 2 heterocycles. The number of carbonyl (C=O) groups excluding carboxylic acids is 2. The molecule has 1 aliphatic carbocycles. The highest BCUT2D eigenvalue weighted by Crippen LogP contribution is 2.39. The van der Waals surface area contributed by atoms with Gasteiger partial charge in [0.2, 0.25) is 11.8 Å². The Morgan fingerprint density at radius 2 is 2.00 bits per heavy atom. The Morgan fingerprint density at radius 3 is 2.65 bits per heavy atom. The molecule has 1 N–H and O–H groups in total. The number of likely N-dealkylation sites (tertiary alicyclic amines) is 1. The van der Waals surface area contributed by atoms with E-state index in [9.17, 15) is 22.8 Å². The van der Waals surface area contributed by atoms with Crippen LogP contribution in [0.15, 0.2) is 36.5 Å². The minimum atomic E-state index is -2.97. The van der Waals surface area contributed by atoms with Gasteiger partial charge >= 0.3 is 6.61 Å². The van der Waals surface area contributed by atoms with Crippen LogP contribution in [-0.4, -0.2) is 47.5 Å². The lowest BCUT2D eigenvalue weighted by atomic mass is 9.95. The number of hydrogen-bond acceptors (Lipinski definition) is 5. The maximum Gasteiger partial charge on any atom is 0.387 e. The van der Waals surface area contributed by atoms with Crippen LogP contribution in [-0.2, 0) is 16.1 Å². The fourth-order valence-corrected chi connectivity index (χ4v) is 4.06. The van der Waals surface area contributed by atoms with Crippen LogP contribution in [0.5, 0.6) is 11.5 Å². The molecule has 7 nitrogen and oxygen atoms in total. The van der Waals surface area contributed by atoms with E-state index in [4.69, 9.17) is 4.74 Å². The third-order valence-corrected chi connectivity index (χ3v) is 6.07. The van der Waals surface area contributed by atoms with Crippen molar-refractivity contribution in [3.8, 4) is 11.5 Å². The van der Waals surface area contributed by atoms with Gasteiger partial charge in [0.1, 0.15) is 11.9 Å². The van der Waals surface area contributed by atoms with Crippen LogP contribution < -0.4 is 14.8 Å². The monoisotopic (exact) mass is 477 g/mol. The molecule has 0 spiro atoms. The molecule has 34 heavy (non-hydrogen) atoms. The van der Waals surface area contributed by atoms with E-state index in [1.165, 1.54) is 30.0 Å². The molecule has 2 atom stereocenters. The van der Waals surface area contributed by atoms with Gasteiger partial charge in [0.25, 0.3) is 0 Å². The van der Waals surface area contributed by atoms with Gasteiger partial charge in [-0.05, 0) is 55.0 Å². The van der Waals surface area contributed by atoms with Crippen molar-refractivity contribution < 1.29 is 32.2 Å². The van der Waals surface area contributed by atoms with E-state index in [0.717, 1.165) is 24.6 Å². The molecule has 1 aliphatic heterocycles. The summed E-state index contributed by atoms with van der Waals surface area (Å²) in [5.41, 5.74) is 1.26. The van der Waals surface area contributed by atoms with Gasteiger partial charge in [-0.2, -0.15) is 8.78 Å². The molecule has 1 aromatic carbocycles. The number of carbonyl (C=O) groups is 2. The first-order valence-electron chi connectivity index (χ1n) is 11.2. The Kier molecular flexibility index (Phi) is 7.23. The Hall–Kier alpha value is -3.30. The second kappa shape index (κ2) is 10.3. The molecule has 10 heteroatoms. The summed E-state index contributed by atoms with van der Waals surface area (Å²) in [6.07, 6.45) is 3.52. The number of nitrogens with zero attached hydrogens (tertiary/aromatic N) is 2. The predicted octanol–water partition coefficient (Wildman–Crippen LogP) is 3.63. The standard InChI is InChI=1S/C24H26F3N3O4/c1-14(31)30-12-17(8-20(30)23(32)29-11-19-6-5-18(25)10-28-19)16-4-7-21(34-24(26)27)22(9-16)33-13-15-2-3-15/h4-7,9-10,15,17,20,24H,2-3,8,11-13H2,1H3,(H,29,32)/t17?,20-/m1/s1. The number of ether oxygens (including phenoxy) is 2. The minimum absolute atomic E-state index is 0.0399. The van der Waals surface area contributed by atoms with Gasteiger partial charge in [0.05, 0.1) is 25.0 Å². The molecule has 1 saturated heterocycles. The fraction of sp³-hybridized carbons (Fsp3) is 0.458. The highest BCUT2D eigenvalue weighted by molar-refractivity contribution is 5.87. The van der Waals surface area contributed by atoms with Crippen LogP contribution in [0.25, 0.3) is 0 Å². The van der Waals surface area contributed by atoms with Crippen molar-refractivity contribution in [3.63, 3.8) is 0 Å². The molecule has 0 bridgehead atoms. The lowest BCUT2D eigenvalue weighted by Gasteiger charge is -2.22. The first-order chi connectivity index (χ1) is 16.3. The summed E-state index contributed by atoms with van der Waals surface area (Å²) in [5, 5.41) is 2.75. The molecule has 1 aromatic heterocycles. The fourth-order valence-electron chi connectivity index (χ4n) is 4.06. The second-order valence-electron chi connectivity index (χ2n) is 8.64. The Labute approximate surface area is 195 Å². The highest BCUT2D eigenvalue weighted by Gasteiger charge is 2.39. The van der Waals surface area contributed by atoms with Crippen LogP contribution in [0, 0.1) is 11.7 Å². The Bertz CT molecular complexity index is 1030. The average molecular weight is 477 g/mol. The van der Waals surface area contributed by atoms with E-state index in [-0.39, 0.29) is 35.8 Å². The van der Waals surface area contributed by atoms with E-state index < -0.39 is 18.5 Å². The molecule has 0 radical (unpaired) electrons. The summed E-state index contributed by atoms with van der Waals surface area (Å²) in [4.78, 5) is 30.5. The van der Waals surface area contributed by atoms with Crippen molar-refractivity contribution in [2.75, 3.05) is 13.2 Å². The summed E-state index contributed by atoms with van der Waals surface area (Å²) in [5.74, 6) is -0.630. The van der Waals surface area contributed by atoms with Crippen molar-refractivity contribution in [3.05, 3.63) is 53.6 Å². The van der Waals surface area contributed by atoms with Crippen molar-refractivity contribution >= 4 is 11.8 Å². The van der Waals surface area contributed by atoms with Crippen molar-refractivity contribution in [1.29, 1.82) is 0 Å². The number of pyridine rings is 1. The number of hydrogen-bond donors (Lipinski definition) is 1. The maximum absolute atomic E-state index is 13.0. The number of alkyl halides is 2. The largest absolute Gasteiger partial charge is 0.489 e. The van der Waals surface area contributed by atoms with Gasteiger partial charge in [0, 0.05) is 19.4 Å². The lowest BCUT2D eigenvalue weighted by molar-refractivity contribution is -0.136. The number of nitrogens with one attached hydrogen (secondary N) is 1. The predicted molar refractivity (Wildman–Crippen MR) is 116 cm³/mol. The van der Waals surface area contributed by atoms with Crippen molar-refractivity contribution in [2.24, 2.45) is 5.92 Å². The topological polar surface area (TPSA) is 80.8 Å². The summed E-state index contributed by atoms with van der Waals surface area (Å²) in [7, 11) is 0. The van der Waals surface area contributed by atoms with Crippen LogP contribution in [0.2, 0.25) is 0 Å². The molecular formula is C24H26F3N3O4. The smallest absolute Gasteiger partial charge is 0.387 e. The highest BCUT2D eigenvalue weighted by atomic mass is 19.3. The molecule has 4 rings (SSSR count). The third-order valence-electron chi connectivity index (χ3n) is 6.07. The minimum Gasteiger partial charge on any atom is -0.489 e. The van der Waals surface area contributed by atoms with Crippen LogP contribution in [0.4, 0.5) is 13.2 Å². The van der Waals surface area contributed by atoms with Gasteiger partial charge < -0.3 is 19.7 Å². The van der Waals surface area contributed by atoms with Crippen molar-refractivity contribution in [1.82, 2.24) is 15.2 Å². The summed E-state index contributed by atoms with van der Waals surface area (Å²) in [6, 6.07) is 6.79. The quantitative estimate of drug-likeness (QED) is 0.597. The molecule has 1 unspecified atom stereocenters. The second-order valence-corrected chi connectivity index (χ2v) is 8.64. The van der Waals surface area contributed by atoms with E-state index in [2.05, 4.69) is 15.0 Å². The number of benzene rings is 1. The van der Waals surface area contributed by atoms with E-state index in [0.29, 0.717) is 31.2 Å². The van der Waals surface area contributed by atoms with Crippen molar-refractivity contribution in [2.45, 2.75) is 51.3 Å². The van der Waals surface area contributed by atoms with E-state index >= 15 is 0 Å². The molecule has 182 valence electrons. The zero-order chi connectivity index (χ0) is 24.2. The third kappa shape index (κ3) is 5.98. The van der Waals surface area contributed by atoms with Gasteiger partial charge in [-0.3, -0.25) is 14.6 Å². The lowest BCUT2D eigenvalue weighted by Crippen LogP contribution is -2.45. The number of amides is 2.